The molecule has 1 atom stereocenters. The molecule has 7 rings (SSSR count). The predicted molar refractivity (Wildman–Crippen MR) is 213 cm³/mol. The number of fused-ring (bicyclic) bond motifs is 2. The van der Waals surface area contributed by atoms with Crippen LogP contribution >= 0.6 is 0 Å². The summed E-state index contributed by atoms with van der Waals surface area (Å²) in [7, 11) is 2.17. The second-order valence-corrected chi connectivity index (χ2v) is 16.3. The molecule has 3 saturated heterocycles. The molecule has 55 heavy (non-hydrogen) atoms. The highest BCUT2D eigenvalue weighted by Crippen LogP contribution is 2.28. The number of nitrogens with zero attached hydrogens (tertiary/aromatic N) is 5. The molecule has 294 valence electrons. The molecule has 3 amide bonds. The van der Waals surface area contributed by atoms with Crippen LogP contribution in [0.1, 0.15) is 74.5 Å². The number of carbonyl (C=O) groups is 3. The van der Waals surface area contributed by atoms with Gasteiger partial charge in [-0.15, -0.1) is 0 Å². The number of benzene rings is 2. The minimum absolute atomic E-state index is 0.0562. The number of urea groups is 1. The zero-order valence-corrected chi connectivity index (χ0v) is 32.6. The van der Waals surface area contributed by atoms with Gasteiger partial charge in [0.25, 0.3) is 5.56 Å². The molecule has 13 heteroatoms. The fourth-order valence-corrected chi connectivity index (χ4v) is 8.79. The van der Waals surface area contributed by atoms with Crippen LogP contribution in [0.2, 0.25) is 0 Å². The molecule has 5 heterocycles. The number of para-hydroxylation sites is 1. The monoisotopic (exact) mass is 753 g/mol. The van der Waals surface area contributed by atoms with Crippen molar-refractivity contribution < 1.29 is 23.6 Å². The Morgan fingerprint density at radius 1 is 0.964 bits per heavy atom. The van der Waals surface area contributed by atoms with Crippen molar-refractivity contribution >= 4 is 39.7 Å². The number of piperidine rings is 2. The van der Waals surface area contributed by atoms with Crippen molar-refractivity contribution in [3.05, 3.63) is 75.7 Å². The fourth-order valence-electron chi connectivity index (χ4n) is 8.79. The lowest BCUT2D eigenvalue weighted by Gasteiger charge is -2.45. The number of ether oxygens (including phenoxy) is 1. The van der Waals surface area contributed by atoms with Gasteiger partial charge in [-0.05, 0) is 66.8 Å². The smallest absolute Gasteiger partial charge is 0.318 e. The predicted octanol–water partition coefficient (Wildman–Crippen LogP) is 4.66. The number of hydrogen-bond donors (Lipinski definition) is 3. The summed E-state index contributed by atoms with van der Waals surface area (Å²) < 4.78 is 6.38. The van der Waals surface area contributed by atoms with Gasteiger partial charge in [0.1, 0.15) is 6.04 Å². The van der Waals surface area contributed by atoms with Gasteiger partial charge in [0.05, 0.1) is 31.9 Å². The first kappa shape index (κ1) is 38.5. The molecule has 3 fully saturated rings. The van der Waals surface area contributed by atoms with Crippen LogP contribution in [0, 0.1) is 6.92 Å². The third kappa shape index (κ3) is 9.05. The molecule has 3 aliphatic heterocycles. The van der Waals surface area contributed by atoms with Crippen molar-refractivity contribution in [2.75, 3.05) is 66.1 Å². The van der Waals surface area contributed by atoms with Crippen molar-refractivity contribution in [2.45, 2.75) is 83.2 Å². The van der Waals surface area contributed by atoms with E-state index in [9.17, 15) is 19.2 Å². The minimum Gasteiger partial charge on any atom is -0.415 e. The van der Waals surface area contributed by atoms with Crippen LogP contribution < -0.4 is 10.9 Å². The second-order valence-electron chi connectivity index (χ2n) is 16.3. The van der Waals surface area contributed by atoms with Crippen LogP contribution in [0.5, 0.6) is 0 Å². The quantitative estimate of drug-likeness (QED) is 0.149. The Bertz CT molecular complexity index is 2040. The van der Waals surface area contributed by atoms with E-state index in [0.717, 1.165) is 94.8 Å². The van der Waals surface area contributed by atoms with E-state index in [1.165, 1.54) is 0 Å². The highest BCUT2D eigenvalue weighted by atomic mass is 16.5. The summed E-state index contributed by atoms with van der Waals surface area (Å²) >= 11 is 0. The van der Waals surface area contributed by atoms with Crippen LogP contribution in [-0.4, -0.2) is 130 Å². The number of aromatic nitrogens is 3. The number of aryl methyl sites for hydroxylation is 1. The molecular formula is C42H57N8O5+. The summed E-state index contributed by atoms with van der Waals surface area (Å²) in [5, 5.41) is 12.4. The topological polar surface area (TPSA) is 144 Å². The molecule has 1 unspecified atom stereocenters. The normalized spacial score (nSPS) is 21.8. The molecular weight excluding hydrogens is 697 g/mol. The van der Waals surface area contributed by atoms with Gasteiger partial charge in [-0.3, -0.25) is 28.9 Å². The molecule has 2 aromatic heterocycles. The number of likely N-dealkylation sites (tertiary alicyclic amines) is 2. The number of quaternary nitrogens is 1. The maximum atomic E-state index is 14.3. The Morgan fingerprint density at radius 2 is 1.71 bits per heavy atom. The Balaban J connectivity index is 0.967. The van der Waals surface area contributed by atoms with E-state index in [1.54, 1.807) is 11.1 Å². The van der Waals surface area contributed by atoms with Gasteiger partial charge in [0.2, 0.25) is 12.6 Å². The van der Waals surface area contributed by atoms with Crippen LogP contribution in [0.3, 0.4) is 0 Å². The van der Waals surface area contributed by atoms with Crippen LogP contribution in [-0.2, 0) is 20.7 Å². The Kier molecular flexibility index (Phi) is 11.9. The number of hydrogen-bond acceptors (Lipinski definition) is 7. The van der Waals surface area contributed by atoms with Gasteiger partial charge in [0.15, 0.2) is 0 Å². The number of esters is 1. The third-order valence-corrected chi connectivity index (χ3v) is 12.3. The molecule has 13 nitrogen and oxygen atoms in total. The van der Waals surface area contributed by atoms with Gasteiger partial charge in [-0.2, -0.15) is 5.10 Å². The first-order valence-corrected chi connectivity index (χ1v) is 20.2. The molecule has 0 spiro atoms. The van der Waals surface area contributed by atoms with E-state index in [2.05, 4.69) is 45.4 Å². The summed E-state index contributed by atoms with van der Waals surface area (Å²) in [6.07, 6.45) is 7.90. The molecule has 0 saturated carbocycles. The third-order valence-electron chi connectivity index (χ3n) is 12.3. The van der Waals surface area contributed by atoms with Gasteiger partial charge in [0, 0.05) is 87.5 Å². The van der Waals surface area contributed by atoms with Crippen molar-refractivity contribution in [1.29, 1.82) is 0 Å². The molecule has 3 N–H and O–H groups in total. The Hall–Kier alpha value is -4.75. The zero-order chi connectivity index (χ0) is 38.5. The Morgan fingerprint density at radius 3 is 2.45 bits per heavy atom. The summed E-state index contributed by atoms with van der Waals surface area (Å²) in [5.41, 5.74) is 4.49. The number of nitrogens with one attached hydrogen (secondary N) is 3. The van der Waals surface area contributed by atoms with Crippen LogP contribution in [0.15, 0.2) is 53.5 Å². The fraction of sp³-hybridized carbons (Fsp3) is 0.548. The zero-order valence-electron chi connectivity index (χ0n) is 32.6. The highest BCUT2D eigenvalue weighted by molar-refractivity contribution is 5.88. The molecule has 3 aliphatic rings. The number of pyridine rings is 1. The average molecular weight is 754 g/mol. The van der Waals surface area contributed by atoms with E-state index < -0.39 is 6.04 Å². The van der Waals surface area contributed by atoms with E-state index in [0.29, 0.717) is 64.6 Å². The summed E-state index contributed by atoms with van der Waals surface area (Å²) in [4.78, 5) is 62.5. The molecule has 0 radical (unpaired) electrons. The van der Waals surface area contributed by atoms with E-state index >= 15 is 0 Å². The lowest BCUT2D eigenvalue weighted by molar-refractivity contribution is -0.930. The standard InChI is InChI=1S/C42H56N8O5/c1-4-5-10-38(51)55-28-50(3)21-13-34(14-22-50)47-17-19-48(20-18-47)41(53)37(25-30-23-29(2)39-33(24-30)27-43-46-39)45-42(54)49-15-11-31(12-16-49)35-26-32-8-6-7-9-36(32)44-40(35)52/h6-9,23-24,26-27,31,34,37H,4-5,10-22,25,28H2,1-3H3,(H2-,43,44,45,46,52,54)/p+1. The average Bonchev–Trinajstić information content (AvgIpc) is 3.68. The summed E-state index contributed by atoms with van der Waals surface area (Å²) in [6, 6.07) is 13.4. The summed E-state index contributed by atoms with van der Waals surface area (Å²) in [6.45, 7) is 10.2. The lowest BCUT2D eigenvalue weighted by atomic mass is 9.89. The maximum Gasteiger partial charge on any atom is 0.318 e. The lowest BCUT2D eigenvalue weighted by Crippen LogP contribution is -2.60. The maximum absolute atomic E-state index is 14.3. The SMILES string of the molecule is CCCCC(=O)OC[N+]1(C)CCC(N2CCN(C(=O)C(Cc3cc(C)c4[nH]ncc4c3)NC(=O)N3CCC(c4cc5ccccc5[nH]c4=O)CC3)CC2)CC1. The van der Waals surface area contributed by atoms with E-state index in [-0.39, 0.29) is 29.4 Å². The number of aromatic amines is 2. The van der Waals surface area contributed by atoms with E-state index in [4.69, 9.17) is 4.74 Å². The van der Waals surface area contributed by atoms with Gasteiger partial charge < -0.3 is 24.8 Å². The number of amides is 3. The highest BCUT2D eigenvalue weighted by Gasteiger charge is 2.37. The first-order valence-electron chi connectivity index (χ1n) is 20.2. The van der Waals surface area contributed by atoms with Gasteiger partial charge >= 0.3 is 12.0 Å². The van der Waals surface area contributed by atoms with Gasteiger partial charge in [-0.25, -0.2) is 4.79 Å². The van der Waals surface area contributed by atoms with Crippen molar-refractivity contribution in [1.82, 2.24) is 35.2 Å². The second kappa shape index (κ2) is 16.9. The van der Waals surface area contributed by atoms with Gasteiger partial charge in [-0.1, -0.05) is 37.6 Å². The van der Waals surface area contributed by atoms with Crippen molar-refractivity contribution in [3.8, 4) is 0 Å². The van der Waals surface area contributed by atoms with Crippen molar-refractivity contribution in [3.63, 3.8) is 0 Å². The number of unbranched alkanes of at least 4 members (excludes halogenated alkanes) is 1. The summed E-state index contributed by atoms with van der Waals surface area (Å²) in [5.74, 6) is -0.107. The first-order chi connectivity index (χ1) is 26.6. The molecule has 0 aliphatic carbocycles. The van der Waals surface area contributed by atoms with E-state index in [1.807, 2.05) is 48.2 Å². The molecule has 2 aromatic carbocycles. The van der Waals surface area contributed by atoms with Crippen molar-refractivity contribution in [2.24, 2.45) is 0 Å². The number of H-pyrrole nitrogens is 2. The molecule has 4 aromatic rings. The Labute approximate surface area is 322 Å². The largest absolute Gasteiger partial charge is 0.415 e. The van der Waals surface area contributed by atoms with Crippen LogP contribution in [0.25, 0.3) is 21.8 Å². The minimum atomic E-state index is -0.725. The van der Waals surface area contributed by atoms with Crippen LogP contribution in [0.4, 0.5) is 4.79 Å². The number of piperazine rings is 1. The number of rotatable bonds is 11. The molecule has 0 bridgehead atoms. The number of carbonyl (C=O) groups excluding carboxylic acids is 3.